The van der Waals surface area contributed by atoms with E-state index in [-0.39, 0.29) is 17.4 Å². The van der Waals surface area contributed by atoms with Crippen LogP contribution in [0.2, 0.25) is 5.15 Å². The van der Waals surface area contributed by atoms with Crippen LogP contribution in [0, 0.1) is 0 Å². The van der Waals surface area contributed by atoms with Gasteiger partial charge in [0.2, 0.25) is 5.60 Å². The number of aliphatic hydroxyl groups is 1. The van der Waals surface area contributed by atoms with E-state index >= 15 is 0 Å². The molecule has 1 aromatic rings. The third kappa shape index (κ3) is 3.86. The minimum absolute atomic E-state index is 0.134. The number of carbonyl (C=O) groups excluding carboxylic acids is 1. The van der Waals surface area contributed by atoms with Crippen molar-refractivity contribution in [3.63, 3.8) is 0 Å². The highest BCUT2D eigenvalue weighted by Crippen LogP contribution is 2.47. The fourth-order valence-corrected chi connectivity index (χ4v) is 3.18. The van der Waals surface area contributed by atoms with Gasteiger partial charge in [-0.05, 0) is 32.4 Å². The first-order valence-electron chi connectivity index (χ1n) is 8.25. The maximum Gasteiger partial charge on any atom is 0.424 e. The van der Waals surface area contributed by atoms with Gasteiger partial charge in [0.05, 0.1) is 11.4 Å². The van der Waals surface area contributed by atoms with Crippen LogP contribution in [-0.2, 0) is 15.8 Å². The summed E-state index contributed by atoms with van der Waals surface area (Å²) in [7, 11) is 0. The van der Waals surface area contributed by atoms with Gasteiger partial charge in [0.15, 0.2) is 5.15 Å². The Bertz CT molecular complexity index is 762. The number of hydrogen-bond donors (Lipinski definition) is 2. The molecule has 1 aliphatic rings. The quantitative estimate of drug-likeness (QED) is 0.730. The summed E-state index contributed by atoms with van der Waals surface area (Å²) in [6, 6.07) is 1.10. The molecule has 6 nitrogen and oxygen atoms in total. The Labute approximate surface area is 160 Å². The predicted molar refractivity (Wildman–Crippen MR) is 94.9 cm³/mol. The molecule has 0 saturated heterocycles. The van der Waals surface area contributed by atoms with Crippen molar-refractivity contribution >= 4 is 23.4 Å². The number of rotatable bonds is 2. The van der Waals surface area contributed by atoms with Crippen molar-refractivity contribution in [3.05, 3.63) is 22.5 Å². The van der Waals surface area contributed by atoms with E-state index in [1.54, 1.807) is 34.6 Å². The van der Waals surface area contributed by atoms with Crippen LogP contribution >= 0.6 is 11.6 Å². The van der Waals surface area contributed by atoms with Crippen molar-refractivity contribution in [1.29, 1.82) is 0 Å². The normalized spacial score (nSPS) is 18.9. The molecule has 3 N–H and O–H groups in total. The molecule has 2 rings (SSSR count). The fraction of sp³-hybridized carbons (Fsp3) is 0.647. The summed E-state index contributed by atoms with van der Waals surface area (Å²) >= 11 is 6.15. The lowest BCUT2D eigenvalue weighted by Crippen LogP contribution is -2.49. The molecular weight excluding hydrogens is 387 g/mol. The highest BCUT2D eigenvalue weighted by Gasteiger charge is 2.56. The summed E-state index contributed by atoms with van der Waals surface area (Å²) in [5, 5.41) is 9.77. The summed E-state index contributed by atoms with van der Waals surface area (Å²) in [4.78, 5) is 17.5. The number of halogens is 4. The van der Waals surface area contributed by atoms with Gasteiger partial charge >= 0.3 is 12.3 Å². The van der Waals surface area contributed by atoms with E-state index in [4.69, 9.17) is 22.1 Å². The van der Waals surface area contributed by atoms with Crippen molar-refractivity contribution in [2.24, 2.45) is 5.73 Å². The predicted octanol–water partition coefficient (Wildman–Crippen LogP) is 3.48. The topological polar surface area (TPSA) is 88.7 Å². The maximum absolute atomic E-state index is 13.4. The molecule has 10 heteroatoms. The van der Waals surface area contributed by atoms with Gasteiger partial charge in [-0.1, -0.05) is 25.4 Å². The van der Waals surface area contributed by atoms with Crippen LogP contribution in [0.4, 0.5) is 23.7 Å². The molecule has 1 aliphatic heterocycles. The molecule has 0 saturated carbocycles. The Kier molecular flexibility index (Phi) is 5.22. The van der Waals surface area contributed by atoms with E-state index < -0.39 is 41.1 Å². The third-order valence-electron chi connectivity index (χ3n) is 4.30. The van der Waals surface area contributed by atoms with Gasteiger partial charge in [0.1, 0.15) is 5.60 Å². The average Bonchev–Trinajstić information content (AvgIpc) is 2.76. The molecule has 1 aromatic heterocycles. The number of nitrogens with two attached hydrogens (primary N) is 1. The number of fused-ring (bicyclic) bond motifs is 1. The number of carbonyl (C=O) groups is 1. The largest absolute Gasteiger partial charge is 0.443 e. The molecule has 0 aliphatic carbocycles. The Morgan fingerprint density at radius 2 is 1.96 bits per heavy atom. The number of pyridine rings is 1. The van der Waals surface area contributed by atoms with Gasteiger partial charge in [-0.3, -0.25) is 4.90 Å². The molecule has 0 unspecified atom stereocenters. The monoisotopic (exact) mass is 409 g/mol. The molecule has 1 amide bonds. The minimum atomic E-state index is -5.04. The maximum atomic E-state index is 13.4. The van der Waals surface area contributed by atoms with E-state index in [0.29, 0.717) is 5.56 Å². The molecular formula is C17H23ClF3N3O3. The van der Waals surface area contributed by atoms with E-state index in [0.717, 1.165) is 6.07 Å². The average molecular weight is 410 g/mol. The van der Waals surface area contributed by atoms with Crippen molar-refractivity contribution in [1.82, 2.24) is 4.98 Å². The number of nitrogens with zero attached hydrogens (tertiary/aromatic N) is 2. The van der Waals surface area contributed by atoms with Gasteiger partial charge < -0.3 is 15.6 Å². The molecule has 1 atom stereocenters. The Hall–Kier alpha value is -1.58. The molecule has 152 valence electrons. The van der Waals surface area contributed by atoms with Crippen LogP contribution in [-0.4, -0.2) is 41.1 Å². The lowest BCUT2D eigenvalue weighted by atomic mass is 9.85. The highest BCUT2D eigenvalue weighted by molar-refractivity contribution is 6.33. The van der Waals surface area contributed by atoms with E-state index in [9.17, 15) is 23.1 Å². The van der Waals surface area contributed by atoms with E-state index in [1.165, 1.54) is 4.90 Å². The van der Waals surface area contributed by atoms with Crippen LogP contribution < -0.4 is 10.6 Å². The summed E-state index contributed by atoms with van der Waals surface area (Å²) in [5.74, 6) is 0. The van der Waals surface area contributed by atoms with Gasteiger partial charge in [0.25, 0.3) is 0 Å². The smallest absolute Gasteiger partial charge is 0.424 e. The van der Waals surface area contributed by atoms with E-state index in [2.05, 4.69) is 4.98 Å². The summed E-state index contributed by atoms with van der Waals surface area (Å²) in [6.45, 7) is 7.59. The third-order valence-corrected chi connectivity index (χ3v) is 4.57. The second-order valence-corrected chi connectivity index (χ2v) is 8.57. The van der Waals surface area contributed by atoms with Gasteiger partial charge in [-0.15, -0.1) is 0 Å². The van der Waals surface area contributed by atoms with Gasteiger partial charge in [0, 0.05) is 18.5 Å². The van der Waals surface area contributed by atoms with Crippen LogP contribution in [0.25, 0.3) is 0 Å². The van der Waals surface area contributed by atoms with Crippen molar-refractivity contribution in [2.75, 3.05) is 18.0 Å². The summed E-state index contributed by atoms with van der Waals surface area (Å²) in [6.07, 6.45) is -5.73. The van der Waals surface area contributed by atoms with Crippen LogP contribution in [0.15, 0.2) is 6.07 Å². The first-order chi connectivity index (χ1) is 12.0. The van der Waals surface area contributed by atoms with Crippen LogP contribution in [0.5, 0.6) is 0 Å². The zero-order valence-corrected chi connectivity index (χ0v) is 16.5. The molecule has 0 radical (unpaired) electrons. The molecule has 0 bridgehead atoms. The molecule has 27 heavy (non-hydrogen) atoms. The standard InChI is InChI=1S/C17H23ClF3N3O3/c1-14(2,3)27-13(25)24-8-15(4,5)9-6-10(23-12(18)11(9)24)16(26,7-22)17(19,20)21/h6,26H,7-8,22H2,1-5H3/t16-/m1/s1. The van der Waals surface area contributed by atoms with Gasteiger partial charge in [-0.25, -0.2) is 9.78 Å². The second-order valence-electron chi connectivity index (χ2n) is 8.21. The first-order valence-corrected chi connectivity index (χ1v) is 8.62. The molecule has 0 fully saturated rings. The second kappa shape index (κ2) is 6.49. The lowest BCUT2D eigenvalue weighted by Gasteiger charge is -2.30. The molecule has 0 spiro atoms. The Balaban J connectivity index is 2.61. The number of ether oxygens (including phenoxy) is 1. The number of hydrogen-bond acceptors (Lipinski definition) is 5. The van der Waals surface area contributed by atoms with Crippen LogP contribution in [0.3, 0.4) is 0 Å². The zero-order valence-electron chi connectivity index (χ0n) is 15.7. The minimum Gasteiger partial charge on any atom is -0.443 e. The Morgan fingerprint density at radius 1 is 1.41 bits per heavy atom. The zero-order chi connectivity index (χ0) is 21.0. The van der Waals surface area contributed by atoms with Gasteiger partial charge in [-0.2, -0.15) is 13.2 Å². The summed E-state index contributed by atoms with van der Waals surface area (Å²) in [5.41, 5.74) is 0.150. The number of aromatic nitrogens is 1. The number of amides is 1. The van der Waals surface area contributed by atoms with Crippen molar-refractivity contribution < 1.29 is 27.8 Å². The van der Waals surface area contributed by atoms with Crippen molar-refractivity contribution in [2.45, 2.75) is 57.4 Å². The molecule has 2 heterocycles. The number of anilines is 1. The van der Waals surface area contributed by atoms with Crippen LogP contribution in [0.1, 0.15) is 45.9 Å². The summed E-state index contributed by atoms with van der Waals surface area (Å²) < 4.78 is 45.4. The Morgan fingerprint density at radius 3 is 2.41 bits per heavy atom. The molecule has 0 aromatic carbocycles. The highest BCUT2D eigenvalue weighted by atomic mass is 35.5. The first kappa shape index (κ1) is 21.7. The van der Waals surface area contributed by atoms with Crippen molar-refractivity contribution in [3.8, 4) is 0 Å². The number of alkyl halides is 3. The lowest BCUT2D eigenvalue weighted by molar-refractivity contribution is -0.263. The SMILES string of the molecule is CC(C)(C)OC(=O)N1CC(C)(C)c2cc([C@](O)(CN)C(F)(F)F)nc(Cl)c21. The van der Waals surface area contributed by atoms with E-state index in [1.807, 2.05) is 0 Å². The fourth-order valence-electron chi connectivity index (χ4n) is 2.89.